The zero-order valence-electron chi connectivity index (χ0n) is 19.6. The molecule has 12 nitrogen and oxygen atoms in total. The molecule has 2 aromatic carbocycles. The fourth-order valence-electron chi connectivity index (χ4n) is 3.27. The number of ether oxygens (including phenoxy) is 1. The van der Waals surface area contributed by atoms with E-state index in [2.05, 4.69) is 5.48 Å². The first-order chi connectivity index (χ1) is 17.7. The molecule has 1 aliphatic heterocycles. The van der Waals surface area contributed by atoms with Crippen molar-refractivity contribution in [2.75, 3.05) is 13.2 Å². The molecule has 0 aliphatic carbocycles. The van der Waals surface area contributed by atoms with E-state index in [4.69, 9.17) is 30.6 Å². The van der Waals surface area contributed by atoms with E-state index in [1.165, 1.54) is 12.1 Å². The molecule has 0 saturated carbocycles. The summed E-state index contributed by atoms with van der Waals surface area (Å²) in [6, 6.07) is 11.8. The Morgan fingerprint density at radius 3 is 2.29 bits per heavy atom. The topological polar surface area (TPSA) is 192 Å². The summed E-state index contributed by atoms with van der Waals surface area (Å²) < 4.78 is 64.7. The number of carboxylic acids is 2. The van der Waals surface area contributed by atoms with Crippen LogP contribution >= 0.6 is 0 Å². The summed E-state index contributed by atoms with van der Waals surface area (Å²) in [5.41, 5.74) is 8.80. The van der Waals surface area contributed by atoms with Gasteiger partial charge in [-0.25, -0.2) is 18.7 Å². The Morgan fingerprint density at radius 2 is 1.74 bits per heavy atom. The van der Waals surface area contributed by atoms with Gasteiger partial charge in [-0.05, 0) is 35.4 Å². The van der Waals surface area contributed by atoms with E-state index in [0.29, 0.717) is 24.3 Å². The quantitative estimate of drug-likeness (QED) is 0.130. The maximum Gasteiger partial charge on any atom is 0.490 e. The van der Waals surface area contributed by atoms with Gasteiger partial charge in [-0.15, -0.1) is 0 Å². The van der Waals surface area contributed by atoms with Crippen LogP contribution in [0.4, 0.5) is 13.2 Å². The fourth-order valence-corrected chi connectivity index (χ4v) is 4.85. The Labute approximate surface area is 215 Å². The van der Waals surface area contributed by atoms with Crippen LogP contribution in [0.2, 0.25) is 0 Å². The number of benzene rings is 2. The molecular weight excluding hydrogens is 537 g/mol. The molecule has 0 radical (unpaired) electrons. The van der Waals surface area contributed by atoms with E-state index in [0.717, 1.165) is 9.87 Å². The van der Waals surface area contributed by atoms with E-state index in [1.54, 1.807) is 36.4 Å². The molecule has 38 heavy (non-hydrogen) atoms. The van der Waals surface area contributed by atoms with Crippen LogP contribution in [0.5, 0.6) is 5.75 Å². The van der Waals surface area contributed by atoms with Crippen molar-refractivity contribution >= 4 is 27.9 Å². The van der Waals surface area contributed by atoms with Gasteiger partial charge in [-0.3, -0.25) is 15.0 Å². The lowest BCUT2D eigenvalue weighted by Crippen LogP contribution is -2.48. The summed E-state index contributed by atoms with van der Waals surface area (Å²) in [4.78, 5) is 25.7. The number of carbonyl (C=O) groups is 2. The number of alkyl halides is 3. The number of halogens is 3. The minimum absolute atomic E-state index is 0.0521. The number of rotatable bonds is 9. The van der Waals surface area contributed by atoms with Crippen molar-refractivity contribution in [2.24, 2.45) is 5.73 Å². The number of hydrogen-bond donors (Lipinski definition) is 5. The number of aliphatic carboxylic acids is 2. The minimum Gasteiger partial charge on any atom is -0.493 e. The van der Waals surface area contributed by atoms with Gasteiger partial charge in [0.25, 0.3) is 0 Å². The first-order valence-corrected chi connectivity index (χ1v) is 12.2. The van der Waals surface area contributed by atoms with Crippen LogP contribution in [-0.2, 0) is 37.4 Å². The zero-order chi connectivity index (χ0) is 28.5. The molecule has 3 rings (SSSR count). The highest BCUT2D eigenvalue weighted by Crippen LogP contribution is 2.31. The second kappa shape index (κ2) is 13.1. The molecule has 0 fully saturated rings. The lowest BCUT2D eigenvalue weighted by molar-refractivity contribution is -0.192. The first-order valence-electron chi connectivity index (χ1n) is 10.8. The molecule has 16 heteroatoms. The van der Waals surface area contributed by atoms with E-state index < -0.39 is 34.2 Å². The Kier molecular flexibility index (Phi) is 10.4. The summed E-state index contributed by atoms with van der Waals surface area (Å²) in [5.74, 6) is -3.69. The van der Waals surface area contributed by atoms with Crippen molar-refractivity contribution < 1.29 is 51.0 Å². The van der Waals surface area contributed by atoms with Gasteiger partial charge in [0.1, 0.15) is 11.8 Å². The van der Waals surface area contributed by atoms with Crippen LogP contribution in [-0.4, -0.2) is 66.3 Å². The zero-order valence-corrected chi connectivity index (χ0v) is 20.5. The molecule has 0 amide bonds. The maximum atomic E-state index is 13.1. The molecule has 0 saturated heterocycles. The van der Waals surface area contributed by atoms with Gasteiger partial charge in [-0.1, -0.05) is 24.3 Å². The van der Waals surface area contributed by atoms with E-state index >= 15 is 0 Å². The van der Waals surface area contributed by atoms with Crippen LogP contribution < -0.4 is 16.0 Å². The van der Waals surface area contributed by atoms with E-state index in [-0.39, 0.29) is 30.4 Å². The maximum absolute atomic E-state index is 13.1. The number of fused-ring (bicyclic) bond motifs is 1. The molecule has 0 bridgehead atoms. The first kappa shape index (κ1) is 30.3. The summed E-state index contributed by atoms with van der Waals surface area (Å²) >= 11 is 0. The second-order valence-electron chi connectivity index (χ2n) is 7.72. The molecule has 0 unspecified atom stereocenters. The molecule has 2 aromatic rings. The molecule has 1 aliphatic rings. The average Bonchev–Trinajstić information content (AvgIpc) is 2.85. The molecule has 1 atom stereocenters. The normalized spacial score (nSPS) is 15.4. The van der Waals surface area contributed by atoms with Gasteiger partial charge in [-0.2, -0.15) is 17.5 Å². The number of guanidine groups is 1. The highest BCUT2D eigenvalue weighted by molar-refractivity contribution is 7.89. The van der Waals surface area contributed by atoms with Gasteiger partial charge in [0.2, 0.25) is 16.0 Å². The average molecular weight is 563 g/mol. The number of hydrogen-bond acceptors (Lipinski definition) is 7. The van der Waals surface area contributed by atoms with Gasteiger partial charge in [0, 0.05) is 19.4 Å². The molecule has 6 N–H and O–H groups in total. The smallest absolute Gasteiger partial charge is 0.490 e. The molecular formula is C22H25F3N4O8S. The second-order valence-corrected chi connectivity index (χ2v) is 9.61. The third kappa shape index (κ3) is 8.60. The van der Waals surface area contributed by atoms with Crippen molar-refractivity contribution in [3.05, 3.63) is 59.7 Å². The van der Waals surface area contributed by atoms with Crippen LogP contribution in [0.15, 0.2) is 53.4 Å². The predicted octanol–water partition coefficient (Wildman–Crippen LogP) is 1.70. The third-order valence-corrected chi connectivity index (χ3v) is 6.85. The van der Waals surface area contributed by atoms with Gasteiger partial charge in [0.15, 0.2) is 0 Å². The Hall–Kier alpha value is -3.89. The van der Waals surface area contributed by atoms with Crippen LogP contribution in [0.1, 0.15) is 17.5 Å². The number of nitrogens with zero attached hydrogens (tertiary/aromatic N) is 1. The third-order valence-electron chi connectivity index (χ3n) is 4.98. The lowest BCUT2D eigenvalue weighted by atomic mass is 9.95. The van der Waals surface area contributed by atoms with Gasteiger partial charge >= 0.3 is 18.1 Å². The number of hydroxylamine groups is 1. The number of nitrogens with two attached hydrogens (primary N) is 1. The van der Waals surface area contributed by atoms with Crippen molar-refractivity contribution in [3.8, 4) is 5.75 Å². The molecule has 0 aromatic heterocycles. The number of sulfonamides is 1. The molecule has 0 spiro atoms. The standard InChI is InChI=1S/C20H24N4O6S.C2HF3O2/c21-20(22)23-30-10-4-9-29-16-8-7-14-12-18(19(25)26)24(13-15(14)11-16)31(27,28)17-5-2-1-3-6-17;3-2(4,5)1(6)7/h1-3,5-8,11,18H,4,9-10,12-13H2,(H,25,26)(H4,21,22,23);(H,6,7)/t18-;/m0./s1. The van der Waals surface area contributed by atoms with E-state index in [1.807, 2.05) is 0 Å². The summed E-state index contributed by atoms with van der Waals surface area (Å²) in [6.07, 6.45) is -4.48. The predicted molar refractivity (Wildman–Crippen MR) is 126 cm³/mol. The fraction of sp³-hybridized carbons (Fsp3) is 0.318. The minimum atomic E-state index is -5.08. The number of carboxylic acid groups (broad SMARTS) is 2. The molecule has 208 valence electrons. The lowest BCUT2D eigenvalue weighted by Gasteiger charge is -2.33. The van der Waals surface area contributed by atoms with Gasteiger partial charge < -0.3 is 20.7 Å². The van der Waals surface area contributed by atoms with Crippen LogP contribution in [0.25, 0.3) is 0 Å². The highest BCUT2D eigenvalue weighted by Gasteiger charge is 2.40. The van der Waals surface area contributed by atoms with Crippen molar-refractivity contribution in [1.29, 1.82) is 5.41 Å². The Morgan fingerprint density at radius 1 is 1.11 bits per heavy atom. The van der Waals surface area contributed by atoms with Crippen molar-refractivity contribution in [1.82, 2.24) is 9.79 Å². The molecule has 1 heterocycles. The Balaban J connectivity index is 0.000000638. The van der Waals surface area contributed by atoms with Crippen molar-refractivity contribution in [2.45, 2.75) is 36.5 Å². The van der Waals surface area contributed by atoms with Crippen LogP contribution in [0.3, 0.4) is 0 Å². The number of nitrogens with one attached hydrogen (secondary N) is 2. The van der Waals surface area contributed by atoms with E-state index in [9.17, 15) is 31.5 Å². The summed E-state index contributed by atoms with van der Waals surface area (Å²) in [7, 11) is -3.99. The SMILES string of the molecule is N=C(N)NOCCCOc1ccc2c(c1)CN(S(=O)(=O)c1ccccc1)[C@H](C(=O)O)C2.O=C(O)C(F)(F)F. The van der Waals surface area contributed by atoms with Gasteiger partial charge in [0.05, 0.1) is 18.1 Å². The van der Waals surface area contributed by atoms with Crippen LogP contribution in [0, 0.1) is 5.41 Å². The highest BCUT2D eigenvalue weighted by atomic mass is 32.2. The largest absolute Gasteiger partial charge is 0.493 e. The van der Waals surface area contributed by atoms with Crippen molar-refractivity contribution in [3.63, 3.8) is 0 Å². The summed E-state index contributed by atoms with van der Waals surface area (Å²) in [5, 5.41) is 23.8. The summed E-state index contributed by atoms with van der Waals surface area (Å²) in [6.45, 7) is 0.558. The Bertz CT molecular complexity index is 1240. The monoisotopic (exact) mass is 562 g/mol.